The molecule has 0 spiro atoms. The lowest BCUT2D eigenvalue weighted by Crippen LogP contribution is -2.39. The normalized spacial score (nSPS) is 25.9. The number of hydrogen-bond acceptors (Lipinski definition) is 5. The molecule has 0 atom stereocenters. The number of halogens is 3. The summed E-state index contributed by atoms with van der Waals surface area (Å²) >= 11 is 0. The molecule has 140 valence electrons. The van der Waals surface area contributed by atoms with E-state index in [0.717, 1.165) is 37.1 Å². The van der Waals surface area contributed by atoms with Gasteiger partial charge >= 0.3 is 6.18 Å². The Morgan fingerprint density at radius 2 is 1.76 bits per heavy atom. The SMILES string of the molecule is Cc1nc(N2CCC(C(F)(F)F)CC2)ncc1NC1CCC(N)CC1. The third-order valence-corrected chi connectivity index (χ3v) is 5.34. The number of anilines is 2. The van der Waals surface area contributed by atoms with Gasteiger partial charge in [0.25, 0.3) is 0 Å². The largest absolute Gasteiger partial charge is 0.391 e. The monoisotopic (exact) mass is 357 g/mol. The van der Waals surface area contributed by atoms with E-state index in [2.05, 4.69) is 15.3 Å². The van der Waals surface area contributed by atoms with Crippen LogP contribution in [0.15, 0.2) is 6.20 Å². The Bertz CT molecular complexity index is 576. The van der Waals surface area contributed by atoms with Gasteiger partial charge in [-0.1, -0.05) is 0 Å². The third kappa shape index (κ3) is 4.54. The second-order valence-corrected chi connectivity index (χ2v) is 7.23. The van der Waals surface area contributed by atoms with Gasteiger partial charge in [0.2, 0.25) is 5.95 Å². The number of aryl methyl sites for hydroxylation is 1. The lowest BCUT2D eigenvalue weighted by molar-refractivity contribution is -0.179. The van der Waals surface area contributed by atoms with E-state index in [-0.39, 0.29) is 12.8 Å². The molecule has 0 unspecified atom stereocenters. The second-order valence-electron chi connectivity index (χ2n) is 7.23. The van der Waals surface area contributed by atoms with Gasteiger partial charge in [-0.05, 0) is 45.4 Å². The Morgan fingerprint density at radius 3 is 2.32 bits per heavy atom. The van der Waals surface area contributed by atoms with Crippen LogP contribution in [0.1, 0.15) is 44.2 Å². The maximum absolute atomic E-state index is 12.8. The summed E-state index contributed by atoms with van der Waals surface area (Å²) in [5, 5.41) is 3.48. The molecule has 5 nitrogen and oxygen atoms in total. The van der Waals surface area contributed by atoms with E-state index in [0.29, 0.717) is 31.1 Å². The second kappa shape index (κ2) is 7.35. The topological polar surface area (TPSA) is 67.1 Å². The summed E-state index contributed by atoms with van der Waals surface area (Å²) in [6.07, 6.45) is 1.97. The Hall–Kier alpha value is -1.57. The summed E-state index contributed by atoms with van der Waals surface area (Å²) in [6, 6.07) is 0.688. The molecule has 1 saturated carbocycles. The van der Waals surface area contributed by atoms with Crippen LogP contribution in [0.25, 0.3) is 0 Å². The number of nitrogens with zero attached hydrogens (tertiary/aromatic N) is 3. The minimum atomic E-state index is -4.10. The van der Waals surface area contributed by atoms with Crippen molar-refractivity contribution in [2.75, 3.05) is 23.3 Å². The van der Waals surface area contributed by atoms with Gasteiger partial charge in [0.15, 0.2) is 0 Å². The van der Waals surface area contributed by atoms with Crippen molar-refractivity contribution in [3.05, 3.63) is 11.9 Å². The lowest BCUT2D eigenvalue weighted by Gasteiger charge is -2.33. The summed E-state index contributed by atoms with van der Waals surface area (Å²) in [4.78, 5) is 10.7. The first-order chi connectivity index (χ1) is 11.8. The maximum atomic E-state index is 12.8. The average molecular weight is 357 g/mol. The summed E-state index contributed by atoms with van der Waals surface area (Å²) in [7, 11) is 0. The van der Waals surface area contributed by atoms with Gasteiger partial charge in [0.1, 0.15) is 0 Å². The van der Waals surface area contributed by atoms with E-state index >= 15 is 0 Å². The Balaban J connectivity index is 1.59. The molecule has 1 saturated heterocycles. The molecule has 0 bridgehead atoms. The molecule has 2 fully saturated rings. The maximum Gasteiger partial charge on any atom is 0.391 e. The summed E-state index contributed by atoms with van der Waals surface area (Å²) < 4.78 is 38.3. The molecule has 3 rings (SSSR count). The number of piperidine rings is 1. The lowest BCUT2D eigenvalue weighted by atomic mass is 9.92. The van der Waals surface area contributed by atoms with Crippen LogP contribution in [-0.4, -0.2) is 41.3 Å². The first-order valence-electron chi connectivity index (χ1n) is 9.00. The van der Waals surface area contributed by atoms with Crippen molar-refractivity contribution in [2.24, 2.45) is 11.7 Å². The van der Waals surface area contributed by atoms with Crippen molar-refractivity contribution in [3.8, 4) is 0 Å². The first kappa shape index (κ1) is 18.2. The van der Waals surface area contributed by atoms with Crippen LogP contribution in [0, 0.1) is 12.8 Å². The molecule has 8 heteroatoms. The molecule has 3 N–H and O–H groups in total. The molecule has 1 aromatic heterocycles. The minimum absolute atomic E-state index is 0.105. The summed E-state index contributed by atoms with van der Waals surface area (Å²) in [5.74, 6) is -0.683. The van der Waals surface area contributed by atoms with Crippen LogP contribution >= 0.6 is 0 Å². The number of rotatable bonds is 3. The zero-order valence-corrected chi connectivity index (χ0v) is 14.5. The number of hydrogen-bond donors (Lipinski definition) is 2. The third-order valence-electron chi connectivity index (χ3n) is 5.34. The van der Waals surface area contributed by atoms with Crippen LogP contribution in [0.5, 0.6) is 0 Å². The number of alkyl halides is 3. The average Bonchev–Trinajstić information content (AvgIpc) is 2.58. The van der Waals surface area contributed by atoms with Crippen molar-refractivity contribution < 1.29 is 13.2 Å². The zero-order chi connectivity index (χ0) is 18.0. The molecular weight excluding hydrogens is 331 g/mol. The molecule has 1 aromatic rings. The highest BCUT2D eigenvalue weighted by molar-refractivity contribution is 5.49. The van der Waals surface area contributed by atoms with Gasteiger partial charge in [0.05, 0.1) is 23.5 Å². The smallest absolute Gasteiger partial charge is 0.380 e. The fourth-order valence-corrected chi connectivity index (χ4v) is 3.64. The first-order valence-corrected chi connectivity index (χ1v) is 9.00. The fraction of sp³-hybridized carbons (Fsp3) is 0.765. The highest BCUT2D eigenvalue weighted by Crippen LogP contribution is 2.35. The van der Waals surface area contributed by atoms with Crippen LogP contribution in [0.4, 0.5) is 24.8 Å². The van der Waals surface area contributed by atoms with Gasteiger partial charge in [0, 0.05) is 25.2 Å². The van der Waals surface area contributed by atoms with Crippen molar-refractivity contribution in [3.63, 3.8) is 0 Å². The molecule has 2 aliphatic rings. The van der Waals surface area contributed by atoms with Crippen LogP contribution in [0.2, 0.25) is 0 Å². The Labute approximate surface area is 146 Å². The highest BCUT2D eigenvalue weighted by atomic mass is 19.4. The minimum Gasteiger partial charge on any atom is -0.380 e. The molecule has 0 amide bonds. The van der Waals surface area contributed by atoms with E-state index in [1.165, 1.54) is 0 Å². The number of nitrogens with one attached hydrogen (secondary N) is 1. The fourth-order valence-electron chi connectivity index (χ4n) is 3.64. The molecule has 2 heterocycles. The van der Waals surface area contributed by atoms with E-state index < -0.39 is 12.1 Å². The summed E-state index contributed by atoms with van der Waals surface area (Å²) in [6.45, 7) is 2.60. The van der Waals surface area contributed by atoms with Gasteiger partial charge in [-0.2, -0.15) is 13.2 Å². The Kier molecular flexibility index (Phi) is 5.36. The zero-order valence-electron chi connectivity index (χ0n) is 14.5. The van der Waals surface area contributed by atoms with Crippen LogP contribution in [0.3, 0.4) is 0 Å². The van der Waals surface area contributed by atoms with E-state index in [1.54, 1.807) is 6.20 Å². The van der Waals surface area contributed by atoms with Crippen LogP contribution in [-0.2, 0) is 0 Å². The predicted molar refractivity (Wildman–Crippen MR) is 91.6 cm³/mol. The predicted octanol–water partition coefficient (Wildman–Crippen LogP) is 3.25. The molecule has 25 heavy (non-hydrogen) atoms. The van der Waals surface area contributed by atoms with Crippen molar-refractivity contribution >= 4 is 11.6 Å². The van der Waals surface area contributed by atoms with Crippen LogP contribution < -0.4 is 16.0 Å². The standard InChI is InChI=1S/C17H26F3N5/c1-11-15(24-14-4-2-13(21)3-5-14)10-22-16(23-11)25-8-6-12(7-9-25)17(18,19)20/h10,12-14,24H,2-9,21H2,1H3. The Morgan fingerprint density at radius 1 is 1.12 bits per heavy atom. The van der Waals surface area contributed by atoms with E-state index in [1.807, 2.05) is 11.8 Å². The molecule has 1 aliphatic carbocycles. The van der Waals surface area contributed by atoms with Gasteiger partial charge in [-0.3, -0.25) is 0 Å². The van der Waals surface area contributed by atoms with Crippen molar-refractivity contribution in [1.82, 2.24) is 9.97 Å². The number of nitrogens with two attached hydrogens (primary N) is 1. The van der Waals surface area contributed by atoms with E-state index in [4.69, 9.17) is 5.73 Å². The molecule has 0 aromatic carbocycles. The van der Waals surface area contributed by atoms with E-state index in [9.17, 15) is 13.2 Å². The van der Waals surface area contributed by atoms with Gasteiger partial charge in [-0.25, -0.2) is 9.97 Å². The molecular formula is C17H26F3N5. The quantitative estimate of drug-likeness (QED) is 0.869. The van der Waals surface area contributed by atoms with Crippen molar-refractivity contribution in [2.45, 2.75) is 63.7 Å². The van der Waals surface area contributed by atoms with Gasteiger partial charge < -0.3 is 16.0 Å². The molecule has 0 radical (unpaired) electrons. The molecule has 1 aliphatic heterocycles. The van der Waals surface area contributed by atoms with Crippen molar-refractivity contribution in [1.29, 1.82) is 0 Å². The number of aromatic nitrogens is 2. The van der Waals surface area contributed by atoms with Gasteiger partial charge in [-0.15, -0.1) is 0 Å². The summed E-state index contributed by atoms with van der Waals surface area (Å²) in [5.41, 5.74) is 7.66. The highest BCUT2D eigenvalue weighted by Gasteiger charge is 2.41.